The van der Waals surface area contributed by atoms with Crippen LogP contribution < -0.4 is 5.32 Å². The summed E-state index contributed by atoms with van der Waals surface area (Å²) >= 11 is 5.16. The summed E-state index contributed by atoms with van der Waals surface area (Å²) in [4.78, 5) is 0.970. The Kier molecular flexibility index (Phi) is 2.32. The molecule has 1 nitrogen and oxygen atoms in total. The van der Waals surface area contributed by atoms with Crippen molar-refractivity contribution in [3.8, 4) is 0 Å². The number of rotatable bonds is 0. The van der Waals surface area contributed by atoms with Gasteiger partial charge in [-0.05, 0) is 17.9 Å². The highest BCUT2D eigenvalue weighted by atomic mass is 32.1. The summed E-state index contributed by atoms with van der Waals surface area (Å²) in [6.07, 6.45) is 10.8. The Morgan fingerprint density at radius 2 is 2.31 bits per heavy atom. The average molecular weight is 191 g/mol. The largest absolute Gasteiger partial charge is 0.350 e. The molecule has 2 rings (SSSR count). The van der Waals surface area contributed by atoms with E-state index in [0.29, 0.717) is 5.92 Å². The first-order chi connectivity index (χ1) is 6.25. The van der Waals surface area contributed by atoms with E-state index in [-0.39, 0.29) is 0 Å². The lowest BCUT2D eigenvalue weighted by Crippen LogP contribution is -2.27. The van der Waals surface area contributed by atoms with E-state index in [1.165, 1.54) is 11.3 Å². The Morgan fingerprint density at radius 1 is 1.46 bits per heavy atom. The van der Waals surface area contributed by atoms with Crippen molar-refractivity contribution in [2.75, 3.05) is 0 Å². The van der Waals surface area contributed by atoms with E-state index in [2.05, 4.69) is 36.5 Å². The fourth-order valence-corrected chi connectivity index (χ4v) is 1.88. The molecular weight excluding hydrogens is 178 g/mol. The van der Waals surface area contributed by atoms with E-state index in [1.807, 2.05) is 0 Å². The highest BCUT2D eigenvalue weighted by molar-refractivity contribution is 7.80. The van der Waals surface area contributed by atoms with Gasteiger partial charge in [-0.3, -0.25) is 0 Å². The normalized spacial score (nSPS) is 26.8. The van der Waals surface area contributed by atoms with Crippen LogP contribution >= 0.6 is 12.2 Å². The fourth-order valence-electron chi connectivity index (χ4n) is 1.66. The van der Waals surface area contributed by atoms with E-state index in [4.69, 9.17) is 12.2 Å². The Balaban J connectivity index is 2.31. The molecule has 13 heavy (non-hydrogen) atoms. The lowest BCUT2D eigenvalue weighted by molar-refractivity contribution is 0.867. The molecule has 1 N–H and O–H groups in total. The summed E-state index contributed by atoms with van der Waals surface area (Å²) in [6, 6.07) is 0. The average Bonchev–Trinajstić information content (AvgIpc) is 2.25. The van der Waals surface area contributed by atoms with Crippen molar-refractivity contribution in [1.82, 2.24) is 5.32 Å². The molecule has 1 unspecified atom stereocenters. The van der Waals surface area contributed by atoms with Gasteiger partial charge in [0, 0.05) is 12.1 Å². The molecule has 1 fully saturated rings. The highest BCUT2D eigenvalue weighted by Crippen LogP contribution is 2.23. The number of piperidine rings is 1. The van der Waals surface area contributed by atoms with Crippen molar-refractivity contribution in [2.24, 2.45) is 5.92 Å². The van der Waals surface area contributed by atoms with Crippen LogP contribution in [0.15, 0.2) is 35.6 Å². The molecule has 1 saturated heterocycles. The molecule has 1 atom stereocenters. The zero-order valence-electron chi connectivity index (χ0n) is 7.71. The van der Waals surface area contributed by atoms with E-state index >= 15 is 0 Å². The topological polar surface area (TPSA) is 12.0 Å². The van der Waals surface area contributed by atoms with Crippen LogP contribution in [0.3, 0.4) is 0 Å². The number of hydrogen-bond acceptors (Lipinski definition) is 1. The van der Waals surface area contributed by atoms with Crippen LogP contribution in [0.4, 0.5) is 0 Å². The molecular formula is C11H13NS. The molecule has 1 aliphatic heterocycles. The second-order valence-electron chi connectivity index (χ2n) is 3.56. The molecule has 0 aromatic rings. The van der Waals surface area contributed by atoms with Crippen molar-refractivity contribution < 1.29 is 0 Å². The third-order valence-corrected chi connectivity index (χ3v) is 2.69. The number of nitrogens with one attached hydrogen (secondary N) is 1. The van der Waals surface area contributed by atoms with E-state index in [1.54, 1.807) is 0 Å². The van der Waals surface area contributed by atoms with Gasteiger partial charge in [0.05, 0.1) is 4.99 Å². The zero-order chi connectivity index (χ0) is 9.26. The molecule has 0 aromatic heterocycles. The second kappa shape index (κ2) is 3.46. The van der Waals surface area contributed by atoms with Gasteiger partial charge in [0.15, 0.2) is 0 Å². The maximum atomic E-state index is 5.16. The molecule has 0 saturated carbocycles. The monoisotopic (exact) mass is 191 g/mol. The van der Waals surface area contributed by atoms with Crippen molar-refractivity contribution >= 4 is 17.2 Å². The molecule has 0 radical (unpaired) electrons. The SMILES string of the molecule is CC1C=CC=C2CCC(=S)NC2=C1. The van der Waals surface area contributed by atoms with Crippen molar-refractivity contribution in [1.29, 1.82) is 0 Å². The molecule has 68 valence electrons. The number of fused-ring (bicyclic) bond motifs is 1. The molecule has 0 amide bonds. The van der Waals surface area contributed by atoms with Crippen LogP contribution in [0.5, 0.6) is 0 Å². The summed E-state index contributed by atoms with van der Waals surface area (Å²) in [5.41, 5.74) is 2.60. The molecule has 0 bridgehead atoms. The van der Waals surface area contributed by atoms with Gasteiger partial charge in [-0.1, -0.05) is 43.4 Å². The van der Waals surface area contributed by atoms with Crippen LogP contribution in [-0.2, 0) is 0 Å². The lowest BCUT2D eigenvalue weighted by atomic mass is 10.0. The van der Waals surface area contributed by atoms with Gasteiger partial charge in [-0.2, -0.15) is 0 Å². The van der Waals surface area contributed by atoms with E-state index < -0.39 is 0 Å². The number of thiocarbonyl (C=S) groups is 1. The van der Waals surface area contributed by atoms with Gasteiger partial charge in [-0.15, -0.1) is 0 Å². The third-order valence-electron chi connectivity index (χ3n) is 2.38. The quantitative estimate of drug-likeness (QED) is 0.591. The summed E-state index contributed by atoms with van der Waals surface area (Å²) in [5.74, 6) is 0.497. The fraction of sp³-hybridized carbons (Fsp3) is 0.364. The van der Waals surface area contributed by atoms with Gasteiger partial charge in [0.2, 0.25) is 0 Å². The standard InChI is InChI=1S/C11H13NS/c1-8-3-2-4-9-5-6-11(13)12-10(9)7-8/h2-4,7-8H,5-6H2,1H3,(H,12,13). The molecule has 0 spiro atoms. The van der Waals surface area contributed by atoms with E-state index in [9.17, 15) is 0 Å². The molecule has 0 aromatic carbocycles. The first-order valence-electron chi connectivity index (χ1n) is 4.65. The van der Waals surface area contributed by atoms with Crippen LogP contribution in [0.25, 0.3) is 0 Å². The van der Waals surface area contributed by atoms with Gasteiger partial charge < -0.3 is 5.32 Å². The summed E-state index contributed by atoms with van der Waals surface area (Å²) < 4.78 is 0. The Bertz CT molecular complexity index is 323. The Labute approximate surface area is 84.2 Å². The molecule has 2 aliphatic rings. The van der Waals surface area contributed by atoms with Gasteiger partial charge in [0.1, 0.15) is 0 Å². The number of allylic oxidation sites excluding steroid dienone is 5. The maximum Gasteiger partial charge on any atom is 0.0800 e. The summed E-state index contributed by atoms with van der Waals surface area (Å²) in [6.45, 7) is 2.18. The van der Waals surface area contributed by atoms with Crippen LogP contribution in [0.1, 0.15) is 19.8 Å². The smallest absolute Gasteiger partial charge is 0.0800 e. The summed E-state index contributed by atoms with van der Waals surface area (Å²) in [7, 11) is 0. The van der Waals surface area contributed by atoms with Crippen molar-refractivity contribution in [2.45, 2.75) is 19.8 Å². The minimum absolute atomic E-state index is 0.497. The van der Waals surface area contributed by atoms with Crippen LogP contribution in [0, 0.1) is 5.92 Å². The molecule has 1 heterocycles. The molecule has 1 aliphatic carbocycles. The van der Waals surface area contributed by atoms with Crippen molar-refractivity contribution in [3.05, 3.63) is 35.6 Å². The summed E-state index contributed by atoms with van der Waals surface area (Å²) in [5, 5.41) is 3.27. The van der Waals surface area contributed by atoms with Crippen LogP contribution in [0.2, 0.25) is 0 Å². The van der Waals surface area contributed by atoms with E-state index in [0.717, 1.165) is 17.8 Å². The molecule has 2 heteroatoms. The first kappa shape index (κ1) is 8.70. The predicted octanol–water partition coefficient (Wildman–Crippen LogP) is 2.71. The second-order valence-corrected chi connectivity index (χ2v) is 4.06. The van der Waals surface area contributed by atoms with Crippen molar-refractivity contribution in [3.63, 3.8) is 0 Å². The Hall–Kier alpha value is -0.890. The lowest BCUT2D eigenvalue weighted by Gasteiger charge is -2.21. The predicted molar refractivity (Wildman–Crippen MR) is 59.4 cm³/mol. The third kappa shape index (κ3) is 1.89. The van der Waals surface area contributed by atoms with Gasteiger partial charge in [-0.25, -0.2) is 0 Å². The maximum absolute atomic E-state index is 5.16. The minimum Gasteiger partial charge on any atom is -0.350 e. The van der Waals surface area contributed by atoms with Gasteiger partial charge in [0.25, 0.3) is 0 Å². The Morgan fingerprint density at radius 3 is 3.15 bits per heavy atom. The zero-order valence-corrected chi connectivity index (χ0v) is 8.53. The minimum atomic E-state index is 0.497. The highest BCUT2D eigenvalue weighted by Gasteiger charge is 2.15. The van der Waals surface area contributed by atoms with Crippen LogP contribution in [-0.4, -0.2) is 4.99 Å². The number of hydrogen-bond donors (Lipinski definition) is 1. The van der Waals surface area contributed by atoms with Gasteiger partial charge >= 0.3 is 0 Å². The first-order valence-corrected chi connectivity index (χ1v) is 5.06.